The number of hydrogen-bond acceptors (Lipinski definition) is 5. The van der Waals surface area contributed by atoms with Crippen LogP contribution < -0.4 is 5.32 Å². The Morgan fingerprint density at radius 1 is 1.23 bits per heavy atom. The average molecular weight is 441 g/mol. The number of ether oxygens (including phenoxy) is 1. The van der Waals surface area contributed by atoms with E-state index < -0.39 is 18.2 Å². The van der Waals surface area contributed by atoms with Crippen molar-refractivity contribution in [3.8, 4) is 11.3 Å². The lowest BCUT2D eigenvalue weighted by Gasteiger charge is -2.15. The normalized spacial score (nSPS) is 11.9. The third-order valence-corrected chi connectivity index (χ3v) is 4.80. The lowest BCUT2D eigenvalue weighted by Crippen LogP contribution is -2.16. The summed E-state index contributed by atoms with van der Waals surface area (Å²) in [5, 5.41) is 15.8. The molecule has 7 nitrogen and oxygen atoms in total. The van der Waals surface area contributed by atoms with Gasteiger partial charge < -0.3 is 14.4 Å². The molecular formula is C23H21ClN2O5. The Hall–Kier alpha value is -3.58. The van der Waals surface area contributed by atoms with Crippen molar-refractivity contribution in [3.05, 3.63) is 77.0 Å². The highest BCUT2D eigenvalue weighted by molar-refractivity contribution is 6.31. The van der Waals surface area contributed by atoms with Crippen LogP contribution in [0.25, 0.3) is 17.3 Å². The van der Waals surface area contributed by atoms with Gasteiger partial charge in [-0.3, -0.25) is 10.1 Å². The van der Waals surface area contributed by atoms with Crippen LogP contribution in [0.15, 0.2) is 65.4 Å². The number of aromatic nitrogens is 1. The molecule has 1 aromatic heterocycles. The first kappa shape index (κ1) is 22.1. The van der Waals surface area contributed by atoms with Crippen molar-refractivity contribution >= 4 is 35.4 Å². The number of hydrogen-bond donors (Lipinski definition) is 2. The molecule has 0 aliphatic heterocycles. The zero-order chi connectivity index (χ0) is 22.2. The molecule has 1 atom stereocenters. The second-order valence-electron chi connectivity index (χ2n) is 6.73. The van der Waals surface area contributed by atoms with Gasteiger partial charge in [-0.05, 0) is 25.0 Å². The number of amides is 1. The first-order chi connectivity index (χ1) is 14.9. The van der Waals surface area contributed by atoms with E-state index in [-0.39, 0.29) is 6.42 Å². The van der Waals surface area contributed by atoms with Crippen LogP contribution in [-0.2, 0) is 9.53 Å². The molecule has 0 saturated carbocycles. The number of anilines is 1. The number of benzene rings is 2. The van der Waals surface area contributed by atoms with Gasteiger partial charge in [-0.2, -0.15) is 0 Å². The van der Waals surface area contributed by atoms with E-state index >= 15 is 0 Å². The van der Waals surface area contributed by atoms with Gasteiger partial charge in [0.05, 0.1) is 0 Å². The molecule has 8 heteroatoms. The van der Waals surface area contributed by atoms with Gasteiger partial charge in [-0.25, -0.2) is 4.79 Å². The zero-order valence-electron chi connectivity index (χ0n) is 16.7. The Bertz CT molecular complexity index is 1080. The number of carboxylic acid groups (broad SMARTS) is 1. The summed E-state index contributed by atoms with van der Waals surface area (Å²) in [6, 6.07) is 14.5. The first-order valence-electron chi connectivity index (χ1n) is 9.59. The standard InChI is InChI=1S/C23H21ClN2O5/c1-15(18-7-3-4-8-19(18)24)31-23(29)25-20-14-30-26-22(20)17-12-10-16(11-13-17)6-2-5-9-21(27)28/h2-4,6-8,10-15H,5,9H2,1H3,(H,25,29)(H,27,28). The molecule has 1 unspecified atom stereocenters. The van der Waals surface area contributed by atoms with Gasteiger partial charge in [0.1, 0.15) is 23.7 Å². The largest absolute Gasteiger partial charge is 0.481 e. The lowest BCUT2D eigenvalue weighted by molar-refractivity contribution is -0.136. The van der Waals surface area contributed by atoms with Crippen molar-refractivity contribution in [2.24, 2.45) is 0 Å². The average Bonchev–Trinajstić information content (AvgIpc) is 3.19. The zero-order valence-corrected chi connectivity index (χ0v) is 17.5. The number of carbonyl (C=O) groups excluding carboxylic acids is 1. The molecule has 31 heavy (non-hydrogen) atoms. The SMILES string of the molecule is CC(OC(=O)Nc1conc1-c1ccc(C=CCCC(=O)O)cc1)c1ccccc1Cl. The Kier molecular flexibility index (Phi) is 7.45. The molecule has 2 aromatic carbocycles. The van der Waals surface area contributed by atoms with Gasteiger partial charge in [0.2, 0.25) is 0 Å². The van der Waals surface area contributed by atoms with Crippen molar-refractivity contribution in [2.45, 2.75) is 25.9 Å². The van der Waals surface area contributed by atoms with Crippen molar-refractivity contribution in [1.82, 2.24) is 5.16 Å². The second kappa shape index (κ2) is 10.4. The van der Waals surface area contributed by atoms with Crippen LogP contribution in [0.3, 0.4) is 0 Å². The van der Waals surface area contributed by atoms with Crippen LogP contribution in [-0.4, -0.2) is 22.3 Å². The van der Waals surface area contributed by atoms with Gasteiger partial charge in [0.25, 0.3) is 0 Å². The second-order valence-corrected chi connectivity index (χ2v) is 7.13. The molecular weight excluding hydrogens is 420 g/mol. The van der Waals surface area contributed by atoms with Crippen LogP contribution in [0.4, 0.5) is 10.5 Å². The maximum atomic E-state index is 12.3. The highest BCUT2D eigenvalue weighted by Crippen LogP contribution is 2.29. The lowest BCUT2D eigenvalue weighted by atomic mass is 10.1. The summed E-state index contributed by atoms with van der Waals surface area (Å²) in [6.07, 6.45) is 4.34. The predicted molar refractivity (Wildman–Crippen MR) is 118 cm³/mol. The topological polar surface area (TPSA) is 102 Å². The van der Waals surface area contributed by atoms with E-state index in [9.17, 15) is 9.59 Å². The molecule has 160 valence electrons. The quantitative estimate of drug-likeness (QED) is 0.433. The van der Waals surface area contributed by atoms with Crippen LogP contribution >= 0.6 is 11.6 Å². The predicted octanol–water partition coefficient (Wildman–Crippen LogP) is 6.18. The summed E-state index contributed by atoms with van der Waals surface area (Å²) in [7, 11) is 0. The number of halogens is 1. The third-order valence-electron chi connectivity index (χ3n) is 4.45. The minimum Gasteiger partial charge on any atom is -0.481 e. The molecule has 0 radical (unpaired) electrons. The summed E-state index contributed by atoms with van der Waals surface area (Å²) in [6.45, 7) is 1.73. The minimum absolute atomic E-state index is 0.0910. The molecule has 0 spiro atoms. The van der Waals surface area contributed by atoms with Crippen molar-refractivity contribution < 1.29 is 24.0 Å². The molecule has 0 aliphatic rings. The van der Waals surface area contributed by atoms with Gasteiger partial charge in [-0.15, -0.1) is 0 Å². The molecule has 0 saturated heterocycles. The molecule has 0 fully saturated rings. The summed E-state index contributed by atoms with van der Waals surface area (Å²) in [4.78, 5) is 22.9. The van der Waals surface area contributed by atoms with E-state index in [1.165, 1.54) is 6.26 Å². The van der Waals surface area contributed by atoms with Crippen LogP contribution in [0.1, 0.15) is 37.0 Å². The Morgan fingerprint density at radius 2 is 1.97 bits per heavy atom. The maximum absolute atomic E-state index is 12.3. The molecule has 1 heterocycles. The van der Waals surface area contributed by atoms with E-state index in [0.717, 1.165) is 11.1 Å². The van der Waals surface area contributed by atoms with E-state index in [1.54, 1.807) is 25.1 Å². The van der Waals surface area contributed by atoms with Gasteiger partial charge in [0, 0.05) is 22.6 Å². The van der Waals surface area contributed by atoms with Crippen LogP contribution in [0, 0.1) is 0 Å². The Balaban J connectivity index is 1.63. The van der Waals surface area contributed by atoms with Gasteiger partial charge in [-0.1, -0.05) is 71.4 Å². The first-order valence-corrected chi connectivity index (χ1v) is 9.97. The number of carbonyl (C=O) groups is 2. The van der Waals surface area contributed by atoms with Crippen molar-refractivity contribution in [1.29, 1.82) is 0 Å². The summed E-state index contributed by atoms with van der Waals surface area (Å²) in [5.41, 5.74) is 3.20. The van der Waals surface area contributed by atoms with E-state index in [4.69, 9.17) is 26.0 Å². The highest BCUT2D eigenvalue weighted by atomic mass is 35.5. The molecule has 0 aliphatic carbocycles. The molecule has 1 amide bonds. The Labute approximate surface area is 184 Å². The van der Waals surface area contributed by atoms with Crippen LogP contribution in [0.2, 0.25) is 5.02 Å². The van der Waals surface area contributed by atoms with Gasteiger partial charge in [0.15, 0.2) is 0 Å². The van der Waals surface area contributed by atoms with Crippen molar-refractivity contribution in [3.63, 3.8) is 0 Å². The summed E-state index contributed by atoms with van der Waals surface area (Å²) < 4.78 is 10.4. The maximum Gasteiger partial charge on any atom is 0.412 e. The van der Waals surface area contributed by atoms with E-state index in [2.05, 4.69) is 10.5 Å². The number of carboxylic acids is 1. The fourth-order valence-electron chi connectivity index (χ4n) is 2.88. The van der Waals surface area contributed by atoms with E-state index in [1.807, 2.05) is 42.5 Å². The number of rotatable bonds is 8. The van der Waals surface area contributed by atoms with Crippen molar-refractivity contribution in [2.75, 3.05) is 5.32 Å². The highest BCUT2D eigenvalue weighted by Gasteiger charge is 2.18. The number of nitrogens with one attached hydrogen (secondary N) is 1. The smallest absolute Gasteiger partial charge is 0.412 e. The Morgan fingerprint density at radius 3 is 2.68 bits per heavy atom. The fraction of sp³-hybridized carbons (Fsp3) is 0.174. The monoisotopic (exact) mass is 440 g/mol. The summed E-state index contributed by atoms with van der Waals surface area (Å²) >= 11 is 6.15. The number of nitrogens with zero attached hydrogens (tertiary/aromatic N) is 1. The van der Waals surface area contributed by atoms with Crippen LogP contribution in [0.5, 0.6) is 0 Å². The fourth-order valence-corrected chi connectivity index (χ4v) is 3.17. The summed E-state index contributed by atoms with van der Waals surface area (Å²) in [5.74, 6) is -0.828. The third kappa shape index (κ3) is 6.20. The van der Waals surface area contributed by atoms with Gasteiger partial charge >= 0.3 is 12.1 Å². The molecule has 3 rings (SSSR count). The number of aliphatic carboxylic acids is 1. The van der Waals surface area contributed by atoms with E-state index in [0.29, 0.717) is 28.4 Å². The molecule has 2 N–H and O–H groups in total. The minimum atomic E-state index is -0.828. The number of allylic oxidation sites excluding steroid dienone is 1. The molecule has 3 aromatic rings. The molecule has 0 bridgehead atoms.